The number of nitrogens with one attached hydrogen (secondary N) is 2. The molecule has 168 valence electrons. The Morgan fingerprint density at radius 1 is 1.03 bits per heavy atom. The third-order valence-electron chi connectivity index (χ3n) is 5.04. The summed E-state index contributed by atoms with van der Waals surface area (Å²) in [6, 6.07) is 24.1. The van der Waals surface area contributed by atoms with Gasteiger partial charge in [0.05, 0.1) is 13.1 Å². The van der Waals surface area contributed by atoms with Gasteiger partial charge in [0.15, 0.2) is 5.96 Å². The molecule has 0 unspecified atom stereocenters. The van der Waals surface area contributed by atoms with E-state index in [9.17, 15) is 9.59 Å². The van der Waals surface area contributed by atoms with Gasteiger partial charge in [0.25, 0.3) is 5.91 Å². The van der Waals surface area contributed by atoms with E-state index in [0.29, 0.717) is 30.9 Å². The predicted molar refractivity (Wildman–Crippen MR) is 127 cm³/mol. The highest BCUT2D eigenvalue weighted by Crippen LogP contribution is 2.23. The Bertz CT molecular complexity index is 1150. The molecule has 0 spiro atoms. The van der Waals surface area contributed by atoms with E-state index < -0.39 is 0 Å². The average molecular weight is 444 g/mol. The van der Waals surface area contributed by atoms with Crippen LogP contribution >= 0.6 is 0 Å². The van der Waals surface area contributed by atoms with Crippen molar-refractivity contribution in [2.24, 2.45) is 10.7 Å². The van der Waals surface area contributed by atoms with Crippen LogP contribution in [0.3, 0.4) is 0 Å². The van der Waals surface area contributed by atoms with Gasteiger partial charge in [-0.05, 0) is 42.0 Å². The van der Waals surface area contributed by atoms with Crippen LogP contribution in [0.25, 0.3) is 0 Å². The number of carbonyl (C=O) groups excluding carboxylic acids is 2. The summed E-state index contributed by atoms with van der Waals surface area (Å²) in [6.07, 6.45) is 0. The molecule has 4 N–H and O–H groups in total. The lowest BCUT2D eigenvalue weighted by molar-refractivity contribution is -0.123. The third-order valence-corrected chi connectivity index (χ3v) is 5.04. The summed E-state index contributed by atoms with van der Waals surface area (Å²) >= 11 is 0. The van der Waals surface area contributed by atoms with Crippen LogP contribution in [0.15, 0.2) is 83.9 Å². The van der Waals surface area contributed by atoms with Crippen molar-refractivity contribution in [2.75, 3.05) is 25.0 Å². The number of para-hydroxylation sites is 1. The molecule has 0 radical (unpaired) electrons. The summed E-state index contributed by atoms with van der Waals surface area (Å²) in [6.45, 7) is 1.44. The van der Waals surface area contributed by atoms with Gasteiger partial charge in [-0.1, -0.05) is 36.4 Å². The number of nitrogens with zero attached hydrogens (tertiary/aromatic N) is 2. The smallest absolute Gasteiger partial charge is 0.254 e. The number of hydrogen-bond acceptors (Lipinski definition) is 4. The summed E-state index contributed by atoms with van der Waals surface area (Å²) in [7, 11) is 0. The van der Waals surface area contributed by atoms with E-state index in [0.717, 1.165) is 17.0 Å². The van der Waals surface area contributed by atoms with E-state index in [1.165, 1.54) is 0 Å². The number of hydrogen-bond donors (Lipinski definition) is 3. The molecular formula is C25H25N5O3. The van der Waals surface area contributed by atoms with Crippen LogP contribution in [0, 0.1) is 0 Å². The quantitative estimate of drug-likeness (QED) is 0.401. The van der Waals surface area contributed by atoms with Crippen molar-refractivity contribution in [2.45, 2.75) is 6.54 Å². The van der Waals surface area contributed by atoms with E-state index in [1.807, 2.05) is 66.7 Å². The molecule has 8 heteroatoms. The maximum atomic E-state index is 12.5. The second-order valence-corrected chi connectivity index (χ2v) is 7.54. The first-order valence-electron chi connectivity index (χ1n) is 10.6. The Morgan fingerprint density at radius 2 is 1.79 bits per heavy atom. The molecule has 0 bridgehead atoms. The van der Waals surface area contributed by atoms with Gasteiger partial charge in [0.2, 0.25) is 5.91 Å². The number of ether oxygens (including phenoxy) is 1. The highest BCUT2D eigenvalue weighted by atomic mass is 16.5. The van der Waals surface area contributed by atoms with Crippen molar-refractivity contribution in [1.29, 1.82) is 0 Å². The van der Waals surface area contributed by atoms with E-state index in [-0.39, 0.29) is 24.3 Å². The van der Waals surface area contributed by atoms with Gasteiger partial charge in [0, 0.05) is 30.4 Å². The van der Waals surface area contributed by atoms with Crippen LogP contribution in [-0.2, 0) is 11.3 Å². The molecule has 4 rings (SSSR count). The van der Waals surface area contributed by atoms with Gasteiger partial charge >= 0.3 is 0 Å². The fourth-order valence-corrected chi connectivity index (χ4v) is 3.37. The zero-order valence-corrected chi connectivity index (χ0v) is 18.0. The number of benzene rings is 3. The number of guanidine groups is 1. The Kier molecular flexibility index (Phi) is 6.84. The SMILES string of the molecule is NC(=NCc1ccc(C(=O)N2CCNC(=O)C2)cc1)Nc1cccc(Oc2ccccc2)c1. The number of anilines is 1. The molecule has 0 aliphatic carbocycles. The summed E-state index contributed by atoms with van der Waals surface area (Å²) in [4.78, 5) is 30.0. The lowest BCUT2D eigenvalue weighted by Gasteiger charge is -2.26. The van der Waals surface area contributed by atoms with Crippen LogP contribution in [0.4, 0.5) is 5.69 Å². The molecule has 1 heterocycles. The van der Waals surface area contributed by atoms with E-state index in [1.54, 1.807) is 17.0 Å². The van der Waals surface area contributed by atoms with Gasteiger partial charge in [0.1, 0.15) is 11.5 Å². The summed E-state index contributed by atoms with van der Waals surface area (Å²) < 4.78 is 5.84. The van der Waals surface area contributed by atoms with Crippen LogP contribution in [0.2, 0.25) is 0 Å². The van der Waals surface area contributed by atoms with Gasteiger partial charge < -0.3 is 26.0 Å². The first-order valence-corrected chi connectivity index (χ1v) is 10.6. The van der Waals surface area contributed by atoms with Gasteiger partial charge in [-0.3, -0.25) is 9.59 Å². The molecule has 3 aromatic rings. The molecule has 0 saturated carbocycles. The second-order valence-electron chi connectivity index (χ2n) is 7.54. The fourth-order valence-electron chi connectivity index (χ4n) is 3.37. The Hall–Kier alpha value is -4.33. The number of nitrogens with two attached hydrogens (primary N) is 1. The third kappa shape index (κ3) is 6.10. The normalized spacial score (nSPS) is 13.9. The zero-order chi connectivity index (χ0) is 23.0. The maximum Gasteiger partial charge on any atom is 0.254 e. The Morgan fingerprint density at radius 3 is 2.55 bits per heavy atom. The van der Waals surface area contributed by atoms with Gasteiger partial charge in [-0.25, -0.2) is 4.99 Å². The summed E-state index contributed by atoms with van der Waals surface area (Å²) in [5.41, 5.74) is 8.26. The minimum Gasteiger partial charge on any atom is -0.457 e. The Balaban J connectivity index is 1.33. The summed E-state index contributed by atoms with van der Waals surface area (Å²) in [5.74, 6) is 1.41. The van der Waals surface area contributed by atoms with Crippen LogP contribution < -0.4 is 21.1 Å². The maximum absolute atomic E-state index is 12.5. The minimum atomic E-state index is -0.154. The topological polar surface area (TPSA) is 109 Å². The molecule has 2 amide bonds. The predicted octanol–water partition coefficient (Wildman–Crippen LogP) is 2.98. The molecule has 0 aromatic heterocycles. The van der Waals surface area contributed by atoms with Crippen LogP contribution in [0.1, 0.15) is 15.9 Å². The molecule has 0 atom stereocenters. The largest absolute Gasteiger partial charge is 0.457 e. The molecule has 3 aromatic carbocycles. The summed E-state index contributed by atoms with van der Waals surface area (Å²) in [5, 5.41) is 5.78. The van der Waals surface area contributed by atoms with Crippen molar-refractivity contribution in [3.8, 4) is 11.5 Å². The monoisotopic (exact) mass is 443 g/mol. The van der Waals surface area contributed by atoms with Crippen molar-refractivity contribution < 1.29 is 14.3 Å². The van der Waals surface area contributed by atoms with Gasteiger partial charge in [-0.15, -0.1) is 0 Å². The first-order chi connectivity index (χ1) is 16.1. The van der Waals surface area contributed by atoms with E-state index in [2.05, 4.69) is 15.6 Å². The molecule has 1 aliphatic rings. The van der Waals surface area contributed by atoms with E-state index >= 15 is 0 Å². The number of aliphatic imine (C=N–C) groups is 1. The fraction of sp³-hybridized carbons (Fsp3) is 0.160. The number of amides is 2. The highest BCUT2D eigenvalue weighted by molar-refractivity contribution is 5.97. The molecule has 8 nitrogen and oxygen atoms in total. The van der Waals surface area contributed by atoms with Crippen LogP contribution in [0.5, 0.6) is 11.5 Å². The Labute approximate surface area is 192 Å². The molecular weight excluding hydrogens is 418 g/mol. The molecule has 1 aliphatic heterocycles. The standard InChI is InChI=1S/C25H25N5O3/c26-25(29-20-5-4-8-22(15-20)33-21-6-2-1-3-7-21)28-16-18-9-11-19(12-10-18)24(32)30-14-13-27-23(31)17-30/h1-12,15H,13-14,16-17H2,(H,27,31)(H3,26,28,29). The van der Waals surface area contributed by atoms with Crippen molar-refractivity contribution >= 4 is 23.5 Å². The molecule has 1 fully saturated rings. The lowest BCUT2D eigenvalue weighted by Crippen LogP contribution is -2.49. The zero-order valence-electron chi connectivity index (χ0n) is 18.0. The lowest BCUT2D eigenvalue weighted by atomic mass is 10.1. The van der Waals surface area contributed by atoms with Gasteiger partial charge in [-0.2, -0.15) is 0 Å². The first kappa shape index (κ1) is 21.9. The van der Waals surface area contributed by atoms with Crippen molar-refractivity contribution in [3.63, 3.8) is 0 Å². The van der Waals surface area contributed by atoms with Crippen molar-refractivity contribution in [1.82, 2.24) is 10.2 Å². The molecule has 33 heavy (non-hydrogen) atoms. The average Bonchev–Trinajstić information content (AvgIpc) is 2.83. The van der Waals surface area contributed by atoms with Crippen molar-refractivity contribution in [3.05, 3.63) is 90.0 Å². The minimum absolute atomic E-state index is 0.0880. The number of rotatable bonds is 6. The van der Waals surface area contributed by atoms with E-state index in [4.69, 9.17) is 10.5 Å². The highest BCUT2D eigenvalue weighted by Gasteiger charge is 2.22. The second kappa shape index (κ2) is 10.3. The number of piperazine rings is 1. The number of carbonyl (C=O) groups is 2. The molecule has 1 saturated heterocycles. The van der Waals surface area contributed by atoms with Crippen LogP contribution in [-0.4, -0.2) is 42.3 Å².